The third-order valence-electron chi connectivity index (χ3n) is 1.97. The Bertz CT molecular complexity index is 160. The number of unbranched alkanes of at least 4 members (excludes halogenated alkanes) is 1. The van der Waals surface area contributed by atoms with Crippen molar-refractivity contribution < 1.29 is 29.3 Å². The smallest absolute Gasteiger partial charge is 0.450 e. The van der Waals surface area contributed by atoms with Crippen LogP contribution in [0.25, 0.3) is 0 Å². The van der Waals surface area contributed by atoms with E-state index in [9.17, 15) is 0 Å². The van der Waals surface area contributed by atoms with Gasteiger partial charge >= 0.3 is 14.8 Å². The molecule has 0 aliphatic rings. The Morgan fingerprint density at radius 2 is 1.81 bits per heavy atom. The number of carbonyl (C=O) groups is 1. The van der Waals surface area contributed by atoms with Crippen molar-refractivity contribution in [3.63, 3.8) is 0 Å². The summed E-state index contributed by atoms with van der Waals surface area (Å²) in [6, 6.07) is 0. The van der Waals surface area contributed by atoms with Crippen LogP contribution in [0.15, 0.2) is 0 Å². The first-order chi connectivity index (χ1) is 7.43. The zero-order valence-corrected chi connectivity index (χ0v) is 10.6. The predicted octanol–water partition coefficient (Wildman–Crippen LogP) is 2.65. The highest BCUT2D eigenvalue weighted by atomic mass is 31.2. The molecule has 0 aliphatic carbocycles. The normalized spacial score (nSPS) is 11.8. The summed E-state index contributed by atoms with van der Waals surface area (Å²) in [5, 5.41) is 13.9. The number of hydrogen-bond acceptors (Lipinski definition) is 4. The molecular formula is C9H21O6P. The molecule has 16 heavy (non-hydrogen) atoms. The first-order valence-corrected chi connectivity index (χ1v) is 6.33. The predicted molar refractivity (Wildman–Crippen MR) is 61.3 cm³/mol. The fourth-order valence-corrected chi connectivity index (χ4v) is 1.41. The topological polar surface area (TPSA) is 107 Å². The maximum Gasteiger partial charge on any atom is 0.503 e. The van der Waals surface area contributed by atoms with Crippen molar-refractivity contribution in [3.05, 3.63) is 0 Å². The molecule has 0 rings (SSSR count). The monoisotopic (exact) mass is 256 g/mol. The summed E-state index contributed by atoms with van der Waals surface area (Å²) in [5.74, 6) is 0.481. The highest BCUT2D eigenvalue weighted by molar-refractivity contribution is 7.39. The van der Waals surface area contributed by atoms with Crippen LogP contribution in [0.2, 0.25) is 0 Å². The zero-order chi connectivity index (χ0) is 13.0. The van der Waals surface area contributed by atoms with Crippen LogP contribution in [0.5, 0.6) is 0 Å². The largest absolute Gasteiger partial charge is 0.503 e. The third-order valence-corrected chi connectivity index (χ3v) is 2.35. The molecule has 0 saturated carbocycles. The maximum atomic E-state index is 8.56. The minimum Gasteiger partial charge on any atom is -0.450 e. The Labute approximate surface area is 96.9 Å². The molecule has 7 heteroatoms. The summed E-state index contributed by atoms with van der Waals surface area (Å²) in [5.41, 5.74) is 0. The average Bonchev–Trinajstić information content (AvgIpc) is 2.17. The Hall–Kier alpha value is -0.420. The molecule has 0 radical (unpaired) electrons. The van der Waals surface area contributed by atoms with Crippen molar-refractivity contribution in [3.8, 4) is 0 Å². The van der Waals surface area contributed by atoms with Crippen LogP contribution in [0.4, 0.5) is 4.79 Å². The van der Waals surface area contributed by atoms with Crippen LogP contribution < -0.4 is 0 Å². The number of rotatable bonds is 7. The Balaban J connectivity index is 0. The molecule has 0 fully saturated rings. The van der Waals surface area contributed by atoms with Crippen molar-refractivity contribution >= 4 is 14.8 Å². The van der Waals surface area contributed by atoms with Gasteiger partial charge in [-0.25, -0.2) is 4.79 Å². The fourth-order valence-electron chi connectivity index (χ4n) is 1.07. The summed E-state index contributed by atoms with van der Waals surface area (Å²) in [6.07, 6.45) is 2.71. The van der Waals surface area contributed by atoms with Crippen molar-refractivity contribution in [2.24, 2.45) is 5.92 Å². The Morgan fingerprint density at radius 3 is 2.12 bits per heavy atom. The first kappa shape index (κ1) is 18.0. The van der Waals surface area contributed by atoms with Gasteiger partial charge in [0.25, 0.3) is 0 Å². The van der Waals surface area contributed by atoms with Gasteiger partial charge in [-0.2, -0.15) is 0 Å². The minimum atomic E-state index is -2.15. The maximum absolute atomic E-state index is 8.56. The van der Waals surface area contributed by atoms with Crippen LogP contribution >= 0.6 is 8.60 Å². The van der Waals surface area contributed by atoms with Crippen LogP contribution in [0, 0.1) is 5.92 Å². The third kappa shape index (κ3) is 19.2. The molecule has 0 aliphatic heterocycles. The van der Waals surface area contributed by atoms with Gasteiger partial charge in [-0.1, -0.05) is 33.1 Å². The Kier molecular flexibility index (Phi) is 14.2. The van der Waals surface area contributed by atoms with Gasteiger partial charge in [0.15, 0.2) is 0 Å². The highest BCUT2D eigenvalue weighted by Gasteiger charge is 2.08. The van der Waals surface area contributed by atoms with Gasteiger partial charge in [-0.05, 0) is 12.3 Å². The lowest BCUT2D eigenvalue weighted by atomic mass is 10.0. The lowest BCUT2D eigenvalue weighted by Gasteiger charge is -2.14. The van der Waals surface area contributed by atoms with E-state index in [1.54, 1.807) is 0 Å². The molecule has 0 saturated heterocycles. The summed E-state index contributed by atoms with van der Waals surface area (Å²) in [6.45, 7) is 4.73. The number of hydrogen-bond donors (Lipinski definition) is 4. The van der Waals surface area contributed by atoms with E-state index >= 15 is 0 Å². The molecule has 0 bridgehead atoms. The standard InChI is InChI=1S/C8H19O3P.CH2O3/c1-3-5-6-8(4-2)7-11-12(9)10;2-1(3)4/h8-10H,3-7H2,1-2H3;(H2,2,3,4). The molecule has 0 spiro atoms. The van der Waals surface area contributed by atoms with Crippen molar-refractivity contribution in [2.75, 3.05) is 6.61 Å². The molecule has 1 unspecified atom stereocenters. The minimum absolute atomic E-state index is 0.481. The molecule has 0 amide bonds. The Morgan fingerprint density at radius 1 is 1.31 bits per heavy atom. The fraction of sp³-hybridized carbons (Fsp3) is 0.889. The summed E-state index contributed by atoms with van der Waals surface area (Å²) in [4.78, 5) is 25.6. The molecule has 4 N–H and O–H groups in total. The molecule has 6 nitrogen and oxygen atoms in total. The van der Waals surface area contributed by atoms with E-state index in [1.807, 2.05) is 0 Å². The van der Waals surface area contributed by atoms with E-state index < -0.39 is 14.8 Å². The van der Waals surface area contributed by atoms with Gasteiger partial charge in [0.2, 0.25) is 0 Å². The van der Waals surface area contributed by atoms with Crippen molar-refractivity contribution in [1.29, 1.82) is 0 Å². The SMILES string of the molecule is CCCCC(CC)COP(O)O.O=C(O)O. The second-order valence-corrected chi connectivity index (χ2v) is 4.01. The average molecular weight is 256 g/mol. The van der Waals surface area contributed by atoms with Gasteiger partial charge in [-0.15, -0.1) is 0 Å². The zero-order valence-electron chi connectivity index (χ0n) is 9.67. The van der Waals surface area contributed by atoms with Crippen LogP contribution in [-0.2, 0) is 4.52 Å². The first-order valence-electron chi connectivity index (χ1n) is 5.16. The van der Waals surface area contributed by atoms with Gasteiger partial charge in [0.1, 0.15) is 0 Å². The van der Waals surface area contributed by atoms with Crippen LogP contribution in [0.1, 0.15) is 39.5 Å². The van der Waals surface area contributed by atoms with E-state index in [4.69, 9.17) is 29.3 Å². The van der Waals surface area contributed by atoms with Crippen molar-refractivity contribution in [1.82, 2.24) is 0 Å². The van der Waals surface area contributed by atoms with Crippen LogP contribution in [0.3, 0.4) is 0 Å². The second kappa shape index (κ2) is 12.6. The molecule has 0 heterocycles. The summed E-state index contributed by atoms with van der Waals surface area (Å²) < 4.78 is 4.77. The lowest BCUT2D eigenvalue weighted by molar-refractivity contribution is 0.137. The molecule has 0 aromatic carbocycles. The number of carboxylic acid groups (broad SMARTS) is 2. The van der Waals surface area contributed by atoms with Crippen LogP contribution in [-0.4, -0.2) is 32.8 Å². The molecule has 0 aromatic heterocycles. The summed E-state index contributed by atoms with van der Waals surface area (Å²) >= 11 is 0. The highest BCUT2D eigenvalue weighted by Crippen LogP contribution is 2.27. The van der Waals surface area contributed by atoms with Gasteiger partial charge in [-0.3, -0.25) is 0 Å². The van der Waals surface area contributed by atoms with E-state index in [1.165, 1.54) is 12.8 Å². The van der Waals surface area contributed by atoms with Crippen molar-refractivity contribution in [2.45, 2.75) is 39.5 Å². The van der Waals surface area contributed by atoms with E-state index in [0.717, 1.165) is 12.8 Å². The lowest BCUT2D eigenvalue weighted by Crippen LogP contribution is -2.06. The molecule has 1 atom stereocenters. The van der Waals surface area contributed by atoms with Gasteiger partial charge < -0.3 is 24.5 Å². The van der Waals surface area contributed by atoms with E-state index in [0.29, 0.717) is 12.5 Å². The summed E-state index contributed by atoms with van der Waals surface area (Å²) in [7, 11) is -2.15. The quantitative estimate of drug-likeness (QED) is 0.521. The second-order valence-electron chi connectivity index (χ2n) is 3.25. The van der Waals surface area contributed by atoms with Gasteiger partial charge in [0.05, 0.1) is 6.61 Å². The van der Waals surface area contributed by atoms with E-state index in [2.05, 4.69) is 13.8 Å². The molecule has 0 aromatic rings. The van der Waals surface area contributed by atoms with Gasteiger partial charge in [0, 0.05) is 0 Å². The van der Waals surface area contributed by atoms with E-state index in [-0.39, 0.29) is 0 Å². The molecule has 98 valence electrons. The molecular weight excluding hydrogens is 235 g/mol.